The highest BCUT2D eigenvalue weighted by molar-refractivity contribution is 7.15. The maximum Gasteiger partial charge on any atom is 0.223 e. The van der Waals surface area contributed by atoms with Crippen LogP contribution < -0.4 is 5.32 Å². The topological polar surface area (TPSA) is 54.9 Å². The third kappa shape index (κ3) is 2.92. The number of nitrogens with zero attached hydrogens (tertiary/aromatic N) is 2. The summed E-state index contributed by atoms with van der Waals surface area (Å²) in [5.74, 6) is 0.122. The smallest absolute Gasteiger partial charge is 0.223 e. The fourth-order valence-corrected chi connectivity index (χ4v) is 2.82. The summed E-state index contributed by atoms with van der Waals surface area (Å²) in [6.07, 6.45) is 0.957. The Bertz CT molecular complexity index is 524. The minimum absolute atomic E-state index is 0.120. The molecule has 1 atom stereocenters. The molecule has 0 bridgehead atoms. The molecule has 0 saturated carbocycles. The molecule has 1 N–H and O–H groups in total. The van der Waals surface area contributed by atoms with Gasteiger partial charge in [-0.3, -0.25) is 4.79 Å². The molecule has 2 rings (SSSR count). The molecule has 94 valence electrons. The van der Waals surface area contributed by atoms with E-state index < -0.39 is 0 Å². The van der Waals surface area contributed by atoms with E-state index in [0.29, 0.717) is 5.13 Å². The fourth-order valence-electron chi connectivity index (χ4n) is 1.81. The molecular formula is C13H15N3OS. The Hall–Kier alpha value is -1.75. The zero-order valence-electron chi connectivity index (χ0n) is 10.4. The summed E-state index contributed by atoms with van der Waals surface area (Å²) in [5, 5.41) is 12.3. The Labute approximate surface area is 110 Å². The van der Waals surface area contributed by atoms with E-state index in [1.165, 1.54) is 23.8 Å². The number of benzene rings is 1. The van der Waals surface area contributed by atoms with Crippen molar-refractivity contribution in [1.82, 2.24) is 10.2 Å². The van der Waals surface area contributed by atoms with Crippen LogP contribution in [0.4, 0.5) is 5.13 Å². The highest BCUT2D eigenvalue weighted by atomic mass is 32.1. The van der Waals surface area contributed by atoms with Gasteiger partial charge in [0.1, 0.15) is 5.01 Å². The van der Waals surface area contributed by atoms with Crippen LogP contribution in [0.15, 0.2) is 30.3 Å². The van der Waals surface area contributed by atoms with E-state index in [1.54, 1.807) is 0 Å². The van der Waals surface area contributed by atoms with Gasteiger partial charge in [-0.05, 0) is 12.0 Å². The van der Waals surface area contributed by atoms with Crippen LogP contribution in [-0.4, -0.2) is 16.1 Å². The third-order valence-electron chi connectivity index (χ3n) is 2.63. The quantitative estimate of drug-likeness (QED) is 0.920. The molecule has 0 spiro atoms. The van der Waals surface area contributed by atoms with Crippen molar-refractivity contribution in [2.45, 2.75) is 26.2 Å². The van der Waals surface area contributed by atoms with Crippen molar-refractivity contribution in [3.63, 3.8) is 0 Å². The molecule has 5 heteroatoms. The second kappa shape index (κ2) is 5.73. The van der Waals surface area contributed by atoms with Gasteiger partial charge in [-0.1, -0.05) is 48.6 Å². The van der Waals surface area contributed by atoms with Crippen LogP contribution in [0.25, 0.3) is 0 Å². The van der Waals surface area contributed by atoms with Crippen molar-refractivity contribution in [3.05, 3.63) is 40.9 Å². The molecule has 18 heavy (non-hydrogen) atoms. The number of nitrogens with one attached hydrogen (secondary N) is 1. The summed E-state index contributed by atoms with van der Waals surface area (Å²) in [5.41, 5.74) is 1.23. The van der Waals surface area contributed by atoms with E-state index in [1.807, 2.05) is 18.2 Å². The highest BCUT2D eigenvalue weighted by Gasteiger charge is 2.17. The van der Waals surface area contributed by atoms with Gasteiger partial charge < -0.3 is 5.32 Å². The number of hydrogen-bond acceptors (Lipinski definition) is 4. The molecule has 0 aliphatic rings. The predicted molar refractivity (Wildman–Crippen MR) is 72.8 cm³/mol. The van der Waals surface area contributed by atoms with E-state index in [9.17, 15) is 4.79 Å². The number of anilines is 1. The molecule has 0 aliphatic heterocycles. The first-order valence-electron chi connectivity index (χ1n) is 5.86. The van der Waals surface area contributed by atoms with Crippen LogP contribution in [0.1, 0.15) is 36.8 Å². The van der Waals surface area contributed by atoms with Crippen LogP contribution in [-0.2, 0) is 4.79 Å². The second-order valence-corrected chi connectivity index (χ2v) is 5.01. The number of carbonyl (C=O) groups excluding carboxylic acids is 1. The van der Waals surface area contributed by atoms with Crippen LogP contribution in [0.3, 0.4) is 0 Å². The van der Waals surface area contributed by atoms with E-state index in [0.717, 1.165) is 11.4 Å². The maximum atomic E-state index is 11.0. The Morgan fingerprint density at radius 3 is 2.67 bits per heavy atom. The Balaban J connectivity index is 2.23. The second-order valence-electron chi connectivity index (χ2n) is 4.00. The Kier molecular flexibility index (Phi) is 4.04. The molecule has 1 aromatic carbocycles. The van der Waals surface area contributed by atoms with E-state index in [-0.39, 0.29) is 11.8 Å². The standard InChI is InChI=1S/C13H15N3OS/c1-3-11(10-7-5-4-6-8-10)12-15-16-13(18-12)14-9(2)17/h4-8,11H,3H2,1-2H3,(H,14,16,17)/t11-/m1/s1. The van der Waals surface area contributed by atoms with Gasteiger partial charge in [0, 0.05) is 12.8 Å². The van der Waals surface area contributed by atoms with Crippen LogP contribution >= 0.6 is 11.3 Å². The first-order valence-corrected chi connectivity index (χ1v) is 6.68. The maximum absolute atomic E-state index is 11.0. The van der Waals surface area contributed by atoms with Gasteiger partial charge in [0.05, 0.1) is 0 Å². The molecule has 4 nitrogen and oxygen atoms in total. The number of rotatable bonds is 4. The van der Waals surface area contributed by atoms with E-state index in [4.69, 9.17) is 0 Å². The summed E-state index contributed by atoms with van der Waals surface area (Å²) >= 11 is 1.43. The summed E-state index contributed by atoms with van der Waals surface area (Å²) in [7, 11) is 0. The number of amides is 1. The van der Waals surface area contributed by atoms with Crippen LogP contribution in [0, 0.1) is 0 Å². The molecular weight excluding hydrogens is 246 g/mol. The van der Waals surface area contributed by atoms with Crippen molar-refractivity contribution in [2.75, 3.05) is 5.32 Å². The molecule has 1 heterocycles. The first-order chi connectivity index (χ1) is 8.70. The van der Waals surface area contributed by atoms with Gasteiger partial charge in [-0.2, -0.15) is 0 Å². The van der Waals surface area contributed by atoms with E-state index >= 15 is 0 Å². The molecule has 0 unspecified atom stereocenters. The molecule has 1 amide bonds. The molecule has 0 aliphatic carbocycles. The summed E-state index contributed by atoms with van der Waals surface area (Å²) in [4.78, 5) is 11.0. The van der Waals surface area contributed by atoms with Crippen molar-refractivity contribution >= 4 is 22.4 Å². The highest BCUT2D eigenvalue weighted by Crippen LogP contribution is 2.31. The number of aromatic nitrogens is 2. The Morgan fingerprint density at radius 1 is 1.33 bits per heavy atom. The zero-order valence-corrected chi connectivity index (χ0v) is 11.2. The molecule has 0 saturated heterocycles. The van der Waals surface area contributed by atoms with E-state index in [2.05, 4.69) is 34.6 Å². The third-order valence-corrected chi connectivity index (χ3v) is 3.58. The molecule has 1 aromatic heterocycles. The minimum atomic E-state index is -0.120. The van der Waals surface area contributed by atoms with Crippen molar-refractivity contribution in [1.29, 1.82) is 0 Å². The van der Waals surface area contributed by atoms with Gasteiger partial charge in [0.15, 0.2) is 0 Å². The van der Waals surface area contributed by atoms with Crippen LogP contribution in [0.5, 0.6) is 0 Å². The largest absolute Gasteiger partial charge is 0.301 e. The first kappa shape index (κ1) is 12.7. The fraction of sp³-hybridized carbons (Fsp3) is 0.308. The lowest BCUT2D eigenvalue weighted by molar-refractivity contribution is -0.114. The van der Waals surface area contributed by atoms with Crippen LogP contribution in [0.2, 0.25) is 0 Å². The van der Waals surface area contributed by atoms with Gasteiger partial charge in [-0.15, -0.1) is 10.2 Å². The number of hydrogen-bond donors (Lipinski definition) is 1. The van der Waals surface area contributed by atoms with Crippen molar-refractivity contribution < 1.29 is 4.79 Å². The van der Waals surface area contributed by atoms with Gasteiger partial charge in [0.25, 0.3) is 0 Å². The monoisotopic (exact) mass is 261 g/mol. The van der Waals surface area contributed by atoms with Crippen molar-refractivity contribution in [3.8, 4) is 0 Å². The summed E-state index contributed by atoms with van der Waals surface area (Å²) in [6, 6.07) is 10.2. The van der Waals surface area contributed by atoms with Crippen molar-refractivity contribution in [2.24, 2.45) is 0 Å². The lowest BCUT2D eigenvalue weighted by atomic mass is 9.97. The summed E-state index contributed by atoms with van der Waals surface area (Å²) in [6.45, 7) is 3.59. The lowest BCUT2D eigenvalue weighted by Crippen LogP contribution is -2.04. The lowest BCUT2D eigenvalue weighted by Gasteiger charge is -2.10. The molecule has 0 fully saturated rings. The van der Waals surface area contributed by atoms with Gasteiger partial charge in [0.2, 0.25) is 11.0 Å². The Morgan fingerprint density at radius 2 is 2.06 bits per heavy atom. The normalized spacial score (nSPS) is 12.1. The van der Waals surface area contributed by atoms with Gasteiger partial charge >= 0.3 is 0 Å². The average molecular weight is 261 g/mol. The SMILES string of the molecule is CC[C@H](c1ccccc1)c1nnc(NC(C)=O)s1. The minimum Gasteiger partial charge on any atom is -0.301 e. The molecule has 2 aromatic rings. The molecule has 0 radical (unpaired) electrons. The zero-order chi connectivity index (χ0) is 13.0. The average Bonchev–Trinajstić information content (AvgIpc) is 2.79. The summed E-state index contributed by atoms with van der Waals surface area (Å²) < 4.78 is 0. The van der Waals surface area contributed by atoms with Gasteiger partial charge in [-0.25, -0.2) is 0 Å². The predicted octanol–water partition coefficient (Wildman–Crippen LogP) is 3.04. The number of carbonyl (C=O) groups is 1.